The molecule has 0 aromatic heterocycles. The third-order valence-corrected chi connectivity index (χ3v) is 7.00. The van der Waals surface area contributed by atoms with Gasteiger partial charge in [-0.05, 0) is 35.9 Å². The van der Waals surface area contributed by atoms with Crippen molar-refractivity contribution in [2.24, 2.45) is 0 Å². The van der Waals surface area contributed by atoms with E-state index >= 15 is 0 Å². The lowest BCUT2D eigenvalue weighted by molar-refractivity contribution is -0.117. The summed E-state index contributed by atoms with van der Waals surface area (Å²) in [5, 5.41) is 3.72. The molecule has 4 rings (SSSR count). The van der Waals surface area contributed by atoms with E-state index in [0.29, 0.717) is 17.8 Å². The van der Waals surface area contributed by atoms with Crippen molar-refractivity contribution in [3.63, 3.8) is 0 Å². The molecule has 0 aliphatic carbocycles. The first-order valence-electron chi connectivity index (χ1n) is 11.0. The van der Waals surface area contributed by atoms with Gasteiger partial charge in [-0.15, -0.1) is 0 Å². The molecule has 0 unspecified atom stereocenters. The zero-order valence-corrected chi connectivity index (χ0v) is 19.7. The second kappa shape index (κ2) is 11.2. The predicted molar refractivity (Wildman–Crippen MR) is 131 cm³/mol. The number of hydrogen-bond acceptors (Lipinski definition) is 5. The van der Waals surface area contributed by atoms with Gasteiger partial charge < -0.3 is 10.2 Å². The molecule has 2 fully saturated rings. The van der Waals surface area contributed by atoms with Gasteiger partial charge in [0.15, 0.2) is 0 Å². The van der Waals surface area contributed by atoms with Gasteiger partial charge >= 0.3 is 0 Å². The summed E-state index contributed by atoms with van der Waals surface area (Å²) < 4.78 is 0. The molecule has 2 aliphatic rings. The number of amides is 2. The Bertz CT molecular complexity index is 943. The van der Waals surface area contributed by atoms with E-state index in [1.165, 1.54) is 5.56 Å². The molecule has 8 heteroatoms. The lowest BCUT2D eigenvalue weighted by Crippen LogP contribution is -2.48. The van der Waals surface area contributed by atoms with Crippen molar-refractivity contribution in [3.05, 3.63) is 64.7 Å². The Balaban J connectivity index is 1.24. The lowest BCUT2D eigenvalue weighted by atomic mass is 10.1. The van der Waals surface area contributed by atoms with Crippen molar-refractivity contribution < 1.29 is 9.59 Å². The van der Waals surface area contributed by atoms with Crippen LogP contribution in [0.15, 0.2) is 48.5 Å². The van der Waals surface area contributed by atoms with Crippen molar-refractivity contribution in [1.82, 2.24) is 14.7 Å². The highest BCUT2D eigenvalue weighted by atomic mass is 35.5. The maximum absolute atomic E-state index is 12.7. The van der Waals surface area contributed by atoms with Crippen LogP contribution in [0.4, 0.5) is 5.69 Å². The molecule has 170 valence electrons. The molecule has 2 amide bonds. The molecule has 0 atom stereocenters. The summed E-state index contributed by atoms with van der Waals surface area (Å²) in [6.07, 6.45) is 0. The number of carbonyl (C=O) groups excluding carboxylic acids is 2. The first kappa shape index (κ1) is 23.1. The summed E-state index contributed by atoms with van der Waals surface area (Å²) in [4.78, 5) is 31.8. The summed E-state index contributed by atoms with van der Waals surface area (Å²) in [7, 11) is 0. The van der Waals surface area contributed by atoms with Crippen LogP contribution in [-0.4, -0.2) is 83.8 Å². The van der Waals surface area contributed by atoms with E-state index in [9.17, 15) is 9.59 Å². The van der Waals surface area contributed by atoms with Gasteiger partial charge in [-0.3, -0.25) is 19.4 Å². The van der Waals surface area contributed by atoms with Crippen molar-refractivity contribution in [1.29, 1.82) is 0 Å². The first-order chi connectivity index (χ1) is 15.6. The fraction of sp³-hybridized carbons (Fsp3) is 0.417. The molecule has 0 spiro atoms. The quantitative estimate of drug-likeness (QED) is 0.699. The number of halogens is 1. The fourth-order valence-corrected chi connectivity index (χ4v) is 5.20. The highest BCUT2D eigenvalue weighted by Gasteiger charge is 2.21. The minimum absolute atomic E-state index is 0.0391. The maximum atomic E-state index is 12.7. The molecule has 2 aliphatic heterocycles. The Morgan fingerprint density at radius 3 is 2.38 bits per heavy atom. The highest BCUT2D eigenvalue weighted by Crippen LogP contribution is 2.17. The number of hydrogen-bond donors (Lipinski definition) is 1. The van der Waals surface area contributed by atoms with Crippen LogP contribution in [0.5, 0.6) is 0 Å². The van der Waals surface area contributed by atoms with Gasteiger partial charge in [0.1, 0.15) is 0 Å². The average molecular weight is 473 g/mol. The summed E-state index contributed by atoms with van der Waals surface area (Å²) in [5.74, 6) is 1.95. The number of anilines is 1. The van der Waals surface area contributed by atoms with Gasteiger partial charge in [-0.1, -0.05) is 29.8 Å². The molecule has 2 saturated heterocycles. The van der Waals surface area contributed by atoms with E-state index < -0.39 is 0 Å². The number of nitrogens with zero attached hydrogens (tertiary/aromatic N) is 3. The second-order valence-corrected chi connectivity index (χ2v) is 9.88. The molecular formula is C24H29ClN4O2S. The van der Waals surface area contributed by atoms with Gasteiger partial charge in [-0.25, -0.2) is 0 Å². The first-order valence-corrected chi connectivity index (χ1v) is 12.6. The van der Waals surface area contributed by atoms with Gasteiger partial charge in [0, 0.05) is 73.6 Å². The Morgan fingerprint density at radius 1 is 0.906 bits per heavy atom. The van der Waals surface area contributed by atoms with Crippen LogP contribution < -0.4 is 5.32 Å². The van der Waals surface area contributed by atoms with Gasteiger partial charge in [0.05, 0.1) is 6.54 Å². The standard InChI is InChI=1S/C24H29ClN4O2S/c25-21-5-1-3-19(15-21)17-27-7-9-28(10-8-27)18-23(30)26-22-6-2-4-20(16-22)24(31)29-11-13-32-14-12-29/h1-6,15-16H,7-14,17-18H2,(H,26,30). The number of nitrogens with one attached hydrogen (secondary N) is 1. The third-order valence-electron chi connectivity index (χ3n) is 5.82. The molecule has 2 aromatic carbocycles. The second-order valence-electron chi connectivity index (χ2n) is 8.22. The monoisotopic (exact) mass is 472 g/mol. The van der Waals surface area contributed by atoms with Crippen LogP contribution in [0.1, 0.15) is 15.9 Å². The van der Waals surface area contributed by atoms with E-state index in [1.807, 2.05) is 53.1 Å². The topological polar surface area (TPSA) is 55.9 Å². The van der Waals surface area contributed by atoms with Crippen LogP contribution in [-0.2, 0) is 11.3 Å². The van der Waals surface area contributed by atoms with Gasteiger partial charge in [0.25, 0.3) is 5.91 Å². The highest BCUT2D eigenvalue weighted by molar-refractivity contribution is 7.99. The number of piperazine rings is 1. The molecule has 0 saturated carbocycles. The third kappa shape index (κ3) is 6.48. The summed E-state index contributed by atoms with van der Waals surface area (Å²) in [6, 6.07) is 15.2. The van der Waals surface area contributed by atoms with E-state index in [4.69, 9.17) is 11.6 Å². The number of carbonyl (C=O) groups is 2. The minimum atomic E-state index is -0.0488. The molecular weight excluding hydrogens is 444 g/mol. The SMILES string of the molecule is O=C(CN1CCN(Cc2cccc(Cl)c2)CC1)Nc1cccc(C(=O)N2CCSCC2)c1. The van der Waals surface area contributed by atoms with E-state index in [-0.39, 0.29) is 11.8 Å². The number of benzene rings is 2. The van der Waals surface area contributed by atoms with Crippen molar-refractivity contribution in [3.8, 4) is 0 Å². The van der Waals surface area contributed by atoms with E-state index in [2.05, 4.69) is 21.2 Å². The summed E-state index contributed by atoms with van der Waals surface area (Å²) >= 11 is 7.96. The normalized spacial score (nSPS) is 17.8. The van der Waals surface area contributed by atoms with E-state index in [1.54, 1.807) is 6.07 Å². The Labute approximate surface area is 198 Å². The predicted octanol–water partition coefficient (Wildman–Crippen LogP) is 3.29. The van der Waals surface area contributed by atoms with Crippen LogP contribution in [0, 0.1) is 0 Å². The van der Waals surface area contributed by atoms with Crippen molar-refractivity contribution in [2.45, 2.75) is 6.54 Å². The Morgan fingerprint density at radius 2 is 1.62 bits per heavy atom. The maximum Gasteiger partial charge on any atom is 0.253 e. The van der Waals surface area contributed by atoms with Crippen LogP contribution in [0.25, 0.3) is 0 Å². The van der Waals surface area contributed by atoms with Gasteiger partial charge in [-0.2, -0.15) is 11.8 Å². The Kier molecular flexibility index (Phi) is 8.08. The molecule has 0 bridgehead atoms. The molecule has 6 nitrogen and oxygen atoms in total. The molecule has 2 aromatic rings. The largest absolute Gasteiger partial charge is 0.337 e. The van der Waals surface area contributed by atoms with Crippen molar-refractivity contribution >= 4 is 40.9 Å². The zero-order chi connectivity index (χ0) is 22.3. The van der Waals surface area contributed by atoms with Crippen LogP contribution >= 0.6 is 23.4 Å². The van der Waals surface area contributed by atoms with Crippen LogP contribution in [0.3, 0.4) is 0 Å². The minimum Gasteiger partial charge on any atom is -0.337 e. The molecule has 2 heterocycles. The smallest absolute Gasteiger partial charge is 0.253 e. The van der Waals surface area contributed by atoms with E-state index in [0.717, 1.165) is 62.3 Å². The average Bonchev–Trinajstić information content (AvgIpc) is 2.80. The summed E-state index contributed by atoms with van der Waals surface area (Å²) in [5.41, 5.74) is 2.51. The fourth-order valence-electron chi connectivity index (χ4n) is 4.08. The molecule has 1 N–H and O–H groups in total. The number of thioether (sulfide) groups is 1. The van der Waals surface area contributed by atoms with Crippen molar-refractivity contribution in [2.75, 3.05) is 62.6 Å². The lowest BCUT2D eigenvalue weighted by Gasteiger charge is -2.34. The number of rotatable bonds is 6. The Hall–Kier alpha value is -2.06. The van der Waals surface area contributed by atoms with Gasteiger partial charge in [0.2, 0.25) is 5.91 Å². The molecule has 32 heavy (non-hydrogen) atoms. The van der Waals surface area contributed by atoms with Crippen LogP contribution in [0.2, 0.25) is 5.02 Å². The summed E-state index contributed by atoms with van der Waals surface area (Å²) in [6.45, 7) is 6.31. The molecule has 0 radical (unpaired) electrons. The zero-order valence-electron chi connectivity index (χ0n) is 18.1.